The van der Waals surface area contributed by atoms with Crippen LogP contribution < -0.4 is 5.32 Å². The molecule has 0 bridgehead atoms. The molecular weight excluding hydrogens is 236 g/mol. The highest BCUT2D eigenvalue weighted by Gasteiger charge is 2.25. The second-order valence-corrected chi connectivity index (χ2v) is 5.43. The van der Waals surface area contributed by atoms with E-state index in [1.54, 1.807) is 0 Å². The van der Waals surface area contributed by atoms with E-state index in [-0.39, 0.29) is 6.03 Å². The summed E-state index contributed by atoms with van der Waals surface area (Å²) in [6, 6.07) is 6.50. The molecule has 0 aliphatic carbocycles. The smallest absolute Gasteiger partial charge is 0.322 e. The molecule has 3 heteroatoms. The second kappa shape index (κ2) is 6.09. The molecule has 1 aromatic rings. The molecule has 3 nitrogen and oxygen atoms in total. The van der Waals surface area contributed by atoms with Crippen molar-refractivity contribution in [2.24, 2.45) is 0 Å². The maximum Gasteiger partial charge on any atom is 0.322 e. The van der Waals surface area contributed by atoms with E-state index in [0.717, 1.165) is 37.1 Å². The summed E-state index contributed by atoms with van der Waals surface area (Å²) in [7, 11) is 0. The molecule has 1 N–H and O–H groups in total. The van der Waals surface area contributed by atoms with Gasteiger partial charge in [-0.05, 0) is 56.7 Å². The Morgan fingerprint density at radius 1 is 1.37 bits per heavy atom. The van der Waals surface area contributed by atoms with Crippen LogP contribution in [-0.2, 0) is 0 Å². The lowest BCUT2D eigenvalue weighted by Gasteiger charge is -2.35. The zero-order chi connectivity index (χ0) is 13.8. The predicted molar refractivity (Wildman–Crippen MR) is 79.6 cm³/mol. The molecule has 1 unspecified atom stereocenters. The lowest BCUT2D eigenvalue weighted by Crippen LogP contribution is -2.45. The lowest BCUT2D eigenvalue weighted by atomic mass is 10.0. The summed E-state index contributed by atoms with van der Waals surface area (Å²) < 4.78 is 0. The highest BCUT2D eigenvalue weighted by molar-refractivity contribution is 5.90. The minimum atomic E-state index is 0.0558. The summed E-state index contributed by atoms with van der Waals surface area (Å²) in [5, 5.41) is 3.07. The van der Waals surface area contributed by atoms with Gasteiger partial charge in [0.05, 0.1) is 0 Å². The predicted octanol–water partition coefficient (Wildman–Crippen LogP) is 4.10. The van der Waals surface area contributed by atoms with E-state index in [2.05, 4.69) is 32.2 Å². The summed E-state index contributed by atoms with van der Waals surface area (Å²) in [6.45, 7) is 7.17. The van der Waals surface area contributed by atoms with Crippen LogP contribution in [0.5, 0.6) is 0 Å². The van der Waals surface area contributed by atoms with Crippen molar-refractivity contribution in [3.8, 4) is 0 Å². The Balaban J connectivity index is 2.09. The van der Waals surface area contributed by atoms with Crippen molar-refractivity contribution in [1.82, 2.24) is 4.90 Å². The van der Waals surface area contributed by atoms with Gasteiger partial charge in [-0.3, -0.25) is 0 Å². The molecule has 1 aromatic carbocycles. The van der Waals surface area contributed by atoms with Crippen molar-refractivity contribution in [2.45, 2.75) is 52.5 Å². The molecule has 1 heterocycles. The van der Waals surface area contributed by atoms with Crippen LogP contribution in [0.1, 0.15) is 43.7 Å². The van der Waals surface area contributed by atoms with Gasteiger partial charge >= 0.3 is 6.03 Å². The Labute approximate surface area is 116 Å². The molecule has 1 atom stereocenters. The lowest BCUT2D eigenvalue weighted by molar-refractivity contribution is 0.160. The Morgan fingerprint density at radius 2 is 2.16 bits per heavy atom. The Morgan fingerprint density at radius 3 is 2.89 bits per heavy atom. The van der Waals surface area contributed by atoms with Gasteiger partial charge in [0.25, 0.3) is 0 Å². The number of nitrogens with zero attached hydrogens (tertiary/aromatic N) is 1. The minimum absolute atomic E-state index is 0.0558. The van der Waals surface area contributed by atoms with Crippen molar-refractivity contribution < 1.29 is 4.79 Å². The number of hydrogen-bond donors (Lipinski definition) is 1. The fraction of sp³-hybridized carbons (Fsp3) is 0.562. The van der Waals surface area contributed by atoms with Crippen LogP contribution in [0.15, 0.2) is 18.2 Å². The molecule has 0 radical (unpaired) electrons. The van der Waals surface area contributed by atoms with Gasteiger partial charge in [-0.2, -0.15) is 0 Å². The first-order valence-electron chi connectivity index (χ1n) is 7.27. The number of hydrogen-bond acceptors (Lipinski definition) is 1. The van der Waals surface area contributed by atoms with Crippen LogP contribution in [0.4, 0.5) is 10.5 Å². The van der Waals surface area contributed by atoms with Crippen LogP contribution in [0.3, 0.4) is 0 Å². The highest BCUT2D eigenvalue weighted by Crippen LogP contribution is 2.22. The monoisotopic (exact) mass is 260 g/mol. The third-order valence-electron chi connectivity index (χ3n) is 4.21. The number of urea groups is 1. The third-order valence-corrected chi connectivity index (χ3v) is 4.21. The summed E-state index contributed by atoms with van der Waals surface area (Å²) in [4.78, 5) is 14.4. The second-order valence-electron chi connectivity index (χ2n) is 5.43. The number of nitrogens with one attached hydrogen (secondary N) is 1. The first-order valence-corrected chi connectivity index (χ1v) is 7.27. The van der Waals surface area contributed by atoms with Gasteiger partial charge in [-0.15, -0.1) is 0 Å². The van der Waals surface area contributed by atoms with E-state index >= 15 is 0 Å². The molecule has 0 spiro atoms. The minimum Gasteiger partial charge on any atom is -0.322 e. The molecule has 1 fully saturated rings. The molecule has 19 heavy (non-hydrogen) atoms. The van der Waals surface area contributed by atoms with Gasteiger partial charge < -0.3 is 10.2 Å². The summed E-state index contributed by atoms with van der Waals surface area (Å²) in [6.07, 6.45) is 4.54. The maximum absolute atomic E-state index is 12.4. The van der Waals surface area contributed by atoms with Crippen LogP contribution in [0.2, 0.25) is 0 Å². The van der Waals surface area contributed by atoms with E-state index in [0.29, 0.717) is 6.04 Å². The number of piperidine rings is 1. The Hall–Kier alpha value is -1.51. The summed E-state index contributed by atoms with van der Waals surface area (Å²) in [5.41, 5.74) is 3.30. The van der Waals surface area contributed by atoms with Crippen molar-refractivity contribution in [2.75, 3.05) is 11.9 Å². The molecule has 0 aromatic heterocycles. The molecule has 1 saturated heterocycles. The van der Waals surface area contributed by atoms with E-state index < -0.39 is 0 Å². The number of amides is 2. The van der Waals surface area contributed by atoms with Crippen molar-refractivity contribution in [1.29, 1.82) is 0 Å². The van der Waals surface area contributed by atoms with E-state index in [4.69, 9.17) is 0 Å². The SMILES string of the molecule is CCC1CCCCN1C(=O)Nc1cccc(C)c1C. The van der Waals surface area contributed by atoms with Crippen LogP contribution >= 0.6 is 0 Å². The average molecular weight is 260 g/mol. The summed E-state index contributed by atoms with van der Waals surface area (Å²) in [5.74, 6) is 0. The number of rotatable bonds is 2. The van der Waals surface area contributed by atoms with Gasteiger partial charge in [0, 0.05) is 18.3 Å². The number of carbonyl (C=O) groups excluding carboxylic acids is 1. The van der Waals surface area contributed by atoms with Gasteiger partial charge in [0.15, 0.2) is 0 Å². The molecule has 104 valence electrons. The first kappa shape index (κ1) is 13.9. The van der Waals surface area contributed by atoms with Crippen LogP contribution in [-0.4, -0.2) is 23.5 Å². The van der Waals surface area contributed by atoms with Gasteiger partial charge in [-0.25, -0.2) is 4.79 Å². The molecule has 1 aliphatic rings. The van der Waals surface area contributed by atoms with Gasteiger partial charge in [-0.1, -0.05) is 19.1 Å². The number of benzene rings is 1. The number of carbonyl (C=O) groups is 1. The highest BCUT2D eigenvalue weighted by atomic mass is 16.2. The van der Waals surface area contributed by atoms with Gasteiger partial charge in [0.2, 0.25) is 0 Å². The molecular formula is C16H24N2O. The molecule has 0 saturated carbocycles. The largest absolute Gasteiger partial charge is 0.322 e. The first-order chi connectivity index (χ1) is 9.13. The fourth-order valence-corrected chi connectivity index (χ4v) is 2.77. The van der Waals surface area contributed by atoms with E-state index in [9.17, 15) is 4.79 Å². The fourth-order valence-electron chi connectivity index (χ4n) is 2.77. The van der Waals surface area contributed by atoms with E-state index in [1.807, 2.05) is 17.0 Å². The topological polar surface area (TPSA) is 32.3 Å². The quantitative estimate of drug-likeness (QED) is 0.853. The molecule has 1 aliphatic heterocycles. The number of aryl methyl sites for hydroxylation is 1. The van der Waals surface area contributed by atoms with Crippen LogP contribution in [0.25, 0.3) is 0 Å². The number of likely N-dealkylation sites (tertiary alicyclic amines) is 1. The Bertz CT molecular complexity index is 456. The Kier molecular flexibility index (Phi) is 4.46. The zero-order valence-electron chi connectivity index (χ0n) is 12.2. The summed E-state index contributed by atoms with van der Waals surface area (Å²) >= 11 is 0. The average Bonchev–Trinajstić information content (AvgIpc) is 2.43. The van der Waals surface area contributed by atoms with Crippen molar-refractivity contribution >= 4 is 11.7 Å². The molecule has 2 rings (SSSR count). The molecule has 2 amide bonds. The van der Waals surface area contributed by atoms with Crippen molar-refractivity contribution in [3.63, 3.8) is 0 Å². The van der Waals surface area contributed by atoms with Crippen molar-refractivity contribution in [3.05, 3.63) is 29.3 Å². The standard InChI is InChI=1S/C16H24N2O/c1-4-14-9-5-6-11-18(14)16(19)17-15-10-7-8-12(2)13(15)3/h7-8,10,14H,4-6,9,11H2,1-3H3,(H,17,19). The maximum atomic E-state index is 12.4. The van der Waals surface area contributed by atoms with Gasteiger partial charge in [0.1, 0.15) is 0 Å². The third kappa shape index (κ3) is 3.09. The normalized spacial score (nSPS) is 19.3. The number of anilines is 1. The van der Waals surface area contributed by atoms with Crippen LogP contribution in [0, 0.1) is 13.8 Å². The zero-order valence-corrected chi connectivity index (χ0v) is 12.2. The van der Waals surface area contributed by atoms with E-state index in [1.165, 1.54) is 12.0 Å².